The summed E-state index contributed by atoms with van der Waals surface area (Å²) < 4.78 is 76.6. The summed E-state index contributed by atoms with van der Waals surface area (Å²) in [7, 11) is -6.99. The van der Waals surface area contributed by atoms with Gasteiger partial charge in [0.2, 0.25) is 0 Å². The van der Waals surface area contributed by atoms with Crippen LogP contribution in [0.5, 0.6) is 0 Å². The van der Waals surface area contributed by atoms with E-state index in [0.717, 1.165) is 14.2 Å². The normalized spacial score (nSPS) is 12.0. The van der Waals surface area contributed by atoms with Crippen molar-refractivity contribution in [2.45, 2.75) is 12.8 Å². The lowest BCUT2D eigenvalue weighted by Crippen LogP contribution is -2.45. The van der Waals surface area contributed by atoms with Crippen LogP contribution < -0.4 is 9.44 Å². The smallest absolute Gasteiger partial charge is 0.357 e. The van der Waals surface area contributed by atoms with Gasteiger partial charge < -0.3 is 14.0 Å². The third kappa shape index (κ3) is 7.42. The number of esters is 2. The molecule has 180 valence electrons. The van der Waals surface area contributed by atoms with Gasteiger partial charge in [0.1, 0.15) is 0 Å². The Morgan fingerprint density at radius 1 is 0.818 bits per heavy atom. The zero-order valence-electron chi connectivity index (χ0n) is 17.5. The molecule has 0 aliphatic carbocycles. The molecule has 2 rings (SSSR count). The van der Waals surface area contributed by atoms with Crippen LogP contribution in [0.3, 0.4) is 0 Å². The minimum absolute atomic E-state index is 0.00240. The number of carbonyl (C=O) groups excluding carboxylic acids is 2. The maximum Gasteiger partial charge on any atom is 0.357 e. The Kier molecular flexibility index (Phi) is 8.02. The van der Waals surface area contributed by atoms with Gasteiger partial charge in [-0.2, -0.15) is 8.42 Å². The van der Waals surface area contributed by atoms with Crippen LogP contribution in [-0.2, 0) is 52.5 Å². The number of hydrogen-bond donors (Lipinski definition) is 3. The first kappa shape index (κ1) is 26.1. The molecule has 0 spiro atoms. The average Bonchev–Trinajstić information content (AvgIpc) is 2.72. The molecule has 3 N–H and O–H groups in total. The maximum atomic E-state index is 12.8. The molecule has 12 nitrogen and oxygen atoms in total. The summed E-state index contributed by atoms with van der Waals surface area (Å²) in [5.41, 5.74) is -0.898. The van der Waals surface area contributed by atoms with Gasteiger partial charge in [-0.3, -0.25) is 23.6 Å². The molecule has 0 heterocycles. The summed E-state index contributed by atoms with van der Waals surface area (Å²) in [6, 6.07) is 11.0. The van der Waals surface area contributed by atoms with Crippen molar-refractivity contribution in [3.63, 3.8) is 0 Å². The molecule has 0 fully saturated rings. The third-order valence-electron chi connectivity index (χ3n) is 4.56. The molecule has 0 bridgehead atoms. The molecule has 2 aromatic carbocycles. The highest BCUT2D eigenvalue weighted by Gasteiger charge is 2.48. The highest BCUT2D eigenvalue weighted by Crippen LogP contribution is 2.32. The molecule has 14 heteroatoms. The number of anilines is 2. The van der Waals surface area contributed by atoms with Gasteiger partial charge in [-0.25, -0.2) is 8.42 Å². The largest absolute Gasteiger partial charge is 0.731 e. The minimum Gasteiger partial charge on any atom is -0.731 e. The van der Waals surface area contributed by atoms with E-state index in [0.29, 0.717) is 11.1 Å². The van der Waals surface area contributed by atoms with Crippen molar-refractivity contribution in [1.29, 1.82) is 0 Å². The van der Waals surface area contributed by atoms with Crippen LogP contribution in [0.4, 0.5) is 11.4 Å². The summed E-state index contributed by atoms with van der Waals surface area (Å²) >= 11 is 0. The van der Waals surface area contributed by atoms with Crippen molar-refractivity contribution in [2.75, 3.05) is 23.7 Å². The van der Waals surface area contributed by atoms with E-state index in [2.05, 4.69) is 0 Å². The maximum absolute atomic E-state index is 12.8. The van der Waals surface area contributed by atoms with E-state index in [-0.39, 0.29) is 24.2 Å². The van der Waals surface area contributed by atoms with E-state index >= 15 is 0 Å². The first-order valence-corrected chi connectivity index (χ1v) is 12.0. The van der Waals surface area contributed by atoms with Crippen molar-refractivity contribution in [1.82, 2.24) is 0 Å². The Labute approximate surface area is 190 Å². The zero-order valence-corrected chi connectivity index (χ0v) is 19.1. The van der Waals surface area contributed by atoms with Crippen molar-refractivity contribution in [3.05, 3.63) is 59.7 Å². The predicted molar refractivity (Wildman–Crippen MR) is 115 cm³/mol. The molecule has 33 heavy (non-hydrogen) atoms. The van der Waals surface area contributed by atoms with Gasteiger partial charge >= 0.3 is 22.2 Å². The molecular weight excluding hydrogens is 480 g/mol. The van der Waals surface area contributed by atoms with Gasteiger partial charge in [0.05, 0.1) is 19.9 Å². The summed E-state index contributed by atoms with van der Waals surface area (Å²) in [5.74, 6) is -1.78. The van der Waals surface area contributed by atoms with E-state index in [1.54, 1.807) is 4.72 Å². The Balaban J connectivity index is 2.40. The number of nitrogens with one attached hydrogen (secondary N) is 2. The van der Waals surface area contributed by atoms with E-state index in [4.69, 9.17) is 14.0 Å². The summed E-state index contributed by atoms with van der Waals surface area (Å²) in [6.07, 6.45) is -0.380. The number of ether oxygens (including phenoxy) is 2. The van der Waals surface area contributed by atoms with Crippen LogP contribution in [0.25, 0.3) is 0 Å². The van der Waals surface area contributed by atoms with Gasteiger partial charge in [-0.05, 0) is 48.2 Å². The standard InChI is InChI=1S/C19H22N2O10S2/c1-30-17(22)19(18(23)31-2,11-13-3-7-15(8-4-13)20-32(24,25)26)12-14-5-9-16(10-6-14)21-33(27,28)29/h3-10,20-21H,11-12H2,1-2H3,(H,24,25,26)(H,27,28,29)/p-1. The second-order valence-electron chi connectivity index (χ2n) is 6.95. The SMILES string of the molecule is COC(=O)C(Cc1ccc(NS(=O)(=O)[O-])cc1)(Cc1ccc(NS(=O)(=O)O)cc1)C(=O)OC. The lowest BCUT2D eigenvalue weighted by atomic mass is 9.76. The highest BCUT2D eigenvalue weighted by molar-refractivity contribution is 7.87. The van der Waals surface area contributed by atoms with E-state index < -0.39 is 38.0 Å². The first-order valence-electron chi connectivity index (χ1n) is 9.11. The predicted octanol–water partition coefficient (Wildman–Crippen LogP) is 0.891. The number of rotatable bonds is 10. The van der Waals surface area contributed by atoms with Crippen LogP contribution in [0.2, 0.25) is 0 Å². The zero-order chi connectivity index (χ0) is 24.9. The monoisotopic (exact) mass is 501 g/mol. The van der Waals surface area contributed by atoms with Crippen LogP contribution in [-0.4, -0.2) is 52.1 Å². The number of hydrogen-bond acceptors (Lipinski definition) is 9. The van der Waals surface area contributed by atoms with Crippen molar-refractivity contribution in [2.24, 2.45) is 5.41 Å². The molecule has 0 atom stereocenters. The number of methoxy groups -OCH3 is 2. The molecule has 0 aliphatic heterocycles. The fourth-order valence-electron chi connectivity index (χ4n) is 3.20. The van der Waals surface area contributed by atoms with Gasteiger partial charge in [0.15, 0.2) is 15.7 Å². The molecule has 0 saturated carbocycles. The number of benzene rings is 2. The van der Waals surface area contributed by atoms with Gasteiger partial charge in [0, 0.05) is 5.69 Å². The van der Waals surface area contributed by atoms with E-state index in [1.807, 2.05) is 4.72 Å². The topological polar surface area (TPSA) is 188 Å². The van der Waals surface area contributed by atoms with Crippen molar-refractivity contribution in [3.8, 4) is 0 Å². The molecular formula is C19H21N2O10S2-. The van der Waals surface area contributed by atoms with E-state index in [1.165, 1.54) is 48.5 Å². The summed E-state index contributed by atoms with van der Waals surface area (Å²) in [4.78, 5) is 25.5. The van der Waals surface area contributed by atoms with E-state index in [9.17, 15) is 31.0 Å². The van der Waals surface area contributed by atoms with Gasteiger partial charge in [-0.15, -0.1) is 0 Å². The van der Waals surface area contributed by atoms with Crippen LogP contribution in [0.15, 0.2) is 48.5 Å². The molecule has 0 aliphatic rings. The summed E-state index contributed by atoms with van der Waals surface area (Å²) in [5, 5.41) is 0. The van der Waals surface area contributed by atoms with Crippen LogP contribution in [0, 0.1) is 5.41 Å². The fourth-order valence-corrected chi connectivity index (χ4v) is 4.06. The highest BCUT2D eigenvalue weighted by atomic mass is 32.2. The Morgan fingerprint density at radius 3 is 1.48 bits per heavy atom. The second-order valence-corrected chi connectivity index (χ2v) is 9.21. The molecule has 0 unspecified atom stereocenters. The van der Waals surface area contributed by atoms with Gasteiger partial charge in [0.25, 0.3) is 0 Å². The quantitative estimate of drug-likeness (QED) is 0.239. The Hall–Kier alpha value is -3.20. The van der Waals surface area contributed by atoms with Crippen LogP contribution in [0.1, 0.15) is 11.1 Å². The second kappa shape index (κ2) is 10.2. The van der Waals surface area contributed by atoms with Crippen molar-refractivity contribution < 1.29 is 45.0 Å². The lowest BCUT2D eigenvalue weighted by molar-refractivity contribution is -0.169. The molecule has 0 radical (unpaired) electrons. The minimum atomic E-state index is -4.72. The van der Waals surface area contributed by atoms with Gasteiger partial charge in [-0.1, -0.05) is 24.3 Å². The Morgan fingerprint density at radius 2 is 1.18 bits per heavy atom. The number of carbonyl (C=O) groups is 2. The van der Waals surface area contributed by atoms with Crippen LogP contribution >= 0.6 is 0 Å². The first-order chi connectivity index (χ1) is 15.3. The lowest BCUT2D eigenvalue weighted by Gasteiger charge is -2.28. The van der Waals surface area contributed by atoms with Crippen molar-refractivity contribution >= 4 is 43.9 Å². The summed E-state index contributed by atoms with van der Waals surface area (Å²) in [6.45, 7) is 0. The third-order valence-corrected chi connectivity index (χ3v) is 5.54. The molecule has 0 aromatic heterocycles. The Bertz CT molecular complexity index is 1110. The molecule has 0 amide bonds. The molecule has 2 aromatic rings. The fraction of sp³-hybridized carbons (Fsp3) is 0.263. The average molecular weight is 502 g/mol. The molecule has 0 saturated heterocycles.